The Hall–Kier alpha value is -1.62. The number of hydrogen-bond donors (Lipinski definition) is 0. The van der Waals surface area contributed by atoms with Gasteiger partial charge in [0, 0.05) is 18.9 Å². The van der Waals surface area contributed by atoms with Crippen molar-refractivity contribution in [3.63, 3.8) is 0 Å². The summed E-state index contributed by atoms with van der Waals surface area (Å²) in [5, 5.41) is 0.319. The van der Waals surface area contributed by atoms with E-state index < -0.39 is 5.97 Å². The van der Waals surface area contributed by atoms with Crippen LogP contribution in [0.5, 0.6) is 0 Å². The predicted octanol–water partition coefficient (Wildman–Crippen LogP) is 1.29. The highest BCUT2D eigenvalue weighted by molar-refractivity contribution is 6.33. The van der Waals surface area contributed by atoms with Gasteiger partial charge in [-0.25, -0.2) is 0 Å². The third-order valence-electron chi connectivity index (χ3n) is 2.16. The van der Waals surface area contributed by atoms with Crippen LogP contribution in [0.2, 0.25) is 5.02 Å². The Balaban J connectivity index is 2.85. The summed E-state index contributed by atoms with van der Waals surface area (Å²) in [6.45, 7) is 1.65. The highest BCUT2D eigenvalue weighted by Crippen LogP contribution is 2.17. The maximum absolute atomic E-state index is 11.9. The van der Waals surface area contributed by atoms with Crippen LogP contribution in [0.4, 0.5) is 0 Å². The normalized spacial score (nSPS) is 9.88. The van der Waals surface area contributed by atoms with Crippen molar-refractivity contribution in [3.8, 4) is 0 Å². The molecule has 1 aromatic heterocycles. The van der Waals surface area contributed by atoms with E-state index in [1.807, 2.05) is 0 Å². The fourth-order valence-corrected chi connectivity index (χ4v) is 1.51. The van der Waals surface area contributed by atoms with Gasteiger partial charge in [0.2, 0.25) is 0 Å². The number of ether oxygens (including phenoxy) is 1. The summed E-state index contributed by atoms with van der Waals surface area (Å²) in [6.07, 6.45) is 1.40. The van der Waals surface area contributed by atoms with Crippen molar-refractivity contribution in [1.82, 2.24) is 9.88 Å². The van der Waals surface area contributed by atoms with Gasteiger partial charge in [-0.3, -0.25) is 14.6 Å². The van der Waals surface area contributed by atoms with Gasteiger partial charge in [-0.2, -0.15) is 0 Å². The highest BCUT2D eigenvalue weighted by atomic mass is 35.5. The SMILES string of the molecule is COC(=O)CN(C)C(=O)c1cnc(C)cc1Cl. The first-order valence-electron chi connectivity index (χ1n) is 4.90. The molecule has 1 aromatic rings. The van der Waals surface area contributed by atoms with E-state index in [4.69, 9.17) is 11.6 Å². The van der Waals surface area contributed by atoms with Crippen LogP contribution in [0.1, 0.15) is 16.1 Å². The molecule has 0 N–H and O–H groups in total. The number of aryl methyl sites for hydroxylation is 1. The molecule has 0 aliphatic carbocycles. The van der Waals surface area contributed by atoms with Gasteiger partial charge in [-0.1, -0.05) is 11.6 Å². The molecule has 0 atom stereocenters. The molecule has 0 saturated heterocycles. The van der Waals surface area contributed by atoms with Gasteiger partial charge < -0.3 is 9.64 Å². The van der Waals surface area contributed by atoms with Gasteiger partial charge in [0.25, 0.3) is 5.91 Å². The van der Waals surface area contributed by atoms with E-state index in [9.17, 15) is 9.59 Å². The smallest absolute Gasteiger partial charge is 0.325 e. The molecule has 92 valence electrons. The number of aromatic nitrogens is 1. The fourth-order valence-electron chi connectivity index (χ4n) is 1.22. The first-order chi connectivity index (χ1) is 7.95. The minimum Gasteiger partial charge on any atom is -0.468 e. The van der Waals surface area contributed by atoms with Crippen LogP contribution >= 0.6 is 11.6 Å². The summed E-state index contributed by atoms with van der Waals surface area (Å²) >= 11 is 5.94. The maximum atomic E-state index is 11.9. The maximum Gasteiger partial charge on any atom is 0.325 e. The van der Waals surface area contributed by atoms with E-state index in [1.54, 1.807) is 13.0 Å². The molecule has 0 saturated carbocycles. The van der Waals surface area contributed by atoms with Crippen LogP contribution < -0.4 is 0 Å². The molecular weight excluding hydrogens is 244 g/mol. The van der Waals surface area contributed by atoms with Crippen LogP contribution in [0, 0.1) is 6.92 Å². The molecule has 6 heteroatoms. The molecule has 0 spiro atoms. The van der Waals surface area contributed by atoms with Crippen LogP contribution in [-0.4, -0.2) is 42.5 Å². The summed E-state index contributed by atoms with van der Waals surface area (Å²) < 4.78 is 4.47. The molecule has 1 rings (SSSR count). The monoisotopic (exact) mass is 256 g/mol. The molecule has 0 aliphatic rings. The second kappa shape index (κ2) is 5.63. The lowest BCUT2D eigenvalue weighted by Crippen LogP contribution is -2.32. The minimum absolute atomic E-state index is 0.125. The van der Waals surface area contributed by atoms with E-state index in [2.05, 4.69) is 9.72 Å². The zero-order valence-corrected chi connectivity index (χ0v) is 10.6. The van der Waals surface area contributed by atoms with Crippen LogP contribution in [0.3, 0.4) is 0 Å². The number of hydrogen-bond acceptors (Lipinski definition) is 4. The molecular formula is C11H13ClN2O3. The highest BCUT2D eigenvalue weighted by Gasteiger charge is 2.18. The zero-order chi connectivity index (χ0) is 13.0. The quantitative estimate of drug-likeness (QED) is 0.765. The Morgan fingerprint density at radius 3 is 2.71 bits per heavy atom. The topological polar surface area (TPSA) is 59.5 Å². The average Bonchev–Trinajstić information content (AvgIpc) is 2.28. The van der Waals surface area contributed by atoms with Crippen LogP contribution in [0.25, 0.3) is 0 Å². The molecule has 0 bridgehead atoms. The number of pyridine rings is 1. The van der Waals surface area contributed by atoms with Crippen LogP contribution in [-0.2, 0) is 9.53 Å². The summed E-state index contributed by atoms with van der Waals surface area (Å²) in [7, 11) is 2.76. The van der Waals surface area contributed by atoms with Crippen molar-refractivity contribution in [2.45, 2.75) is 6.92 Å². The molecule has 0 unspecified atom stereocenters. The molecule has 17 heavy (non-hydrogen) atoms. The molecule has 0 aromatic carbocycles. The lowest BCUT2D eigenvalue weighted by Gasteiger charge is -2.16. The van der Waals surface area contributed by atoms with Gasteiger partial charge in [0.15, 0.2) is 0 Å². The number of methoxy groups -OCH3 is 1. The van der Waals surface area contributed by atoms with Gasteiger partial charge >= 0.3 is 5.97 Å². The van der Waals surface area contributed by atoms with Crippen molar-refractivity contribution >= 4 is 23.5 Å². The minimum atomic E-state index is -0.489. The molecule has 5 nitrogen and oxygen atoms in total. The van der Waals surface area contributed by atoms with E-state index in [-0.39, 0.29) is 18.0 Å². The standard InChI is InChI=1S/C11H13ClN2O3/c1-7-4-9(12)8(5-13-7)11(16)14(2)6-10(15)17-3/h4-5H,6H2,1-3H3. The summed E-state index contributed by atoms with van der Waals surface area (Å²) in [4.78, 5) is 28.2. The number of esters is 1. The molecule has 0 aliphatic heterocycles. The van der Waals surface area contributed by atoms with Crippen molar-refractivity contribution in [3.05, 3.63) is 28.5 Å². The lowest BCUT2D eigenvalue weighted by molar-refractivity contribution is -0.141. The Labute approximate surface area is 104 Å². The Morgan fingerprint density at radius 1 is 1.53 bits per heavy atom. The van der Waals surface area contributed by atoms with E-state index in [1.165, 1.54) is 25.3 Å². The predicted molar refractivity (Wildman–Crippen MR) is 63.0 cm³/mol. The number of carbonyl (C=O) groups excluding carboxylic acids is 2. The lowest BCUT2D eigenvalue weighted by atomic mass is 10.2. The number of carbonyl (C=O) groups is 2. The Bertz CT molecular complexity index is 448. The van der Waals surface area contributed by atoms with Crippen molar-refractivity contribution in [1.29, 1.82) is 0 Å². The first-order valence-corrected chi connectivity index (χ1v) is 5.28. The molecule has 0 fully saturated rings. The number of likely N-dealkylation sites (N-methyl/N-ethyl adjacent to an activating group) is 1. The van der Waals surface area contributed by atoms with E-state index in [0.29, 0.717) is 5.02 Å². The van der Waals surface area contributed by atoms with Gasteiger partial charge in [0.05, 0.1) is 17.7 Å². The summed E-state index contributed by atoms with van der Waals surface area (Å²) in [5.41, 5.74) is 0.992. The third-order valence-corrected chi connectivity index (χ3v) is 2.47. The summed E-state index contributed by atoms with van der Waals surface area (Å²) in [6, 6.07) is 1.60. The largest absolute Gasteiger partial charge is 0.468 e. The fraction of sp³-hybridized carbons (Fsp3) is 0.364. The van der Waals surface area contributed by atoms with Crippen molar-refractivity contribution < 1.29 is 14.3 Å². The van der Waals surface area contributed by atoms with Crippen molar-refractivity contribution in [2.75, 3.05) is 20.7 Å². The van der Waals surface area contributed by atoms with Crippen LogP contribution in [0.15, 0.2) is 12.3 Å². The van der Waals surface area contributed by atoms with Gasteiger partial charge in [-0.05, 0) is 13.0 Å². The molecule has 1 amide bonds. The van der Waals surface area contributed by atoms with Gasteiger partial charge in [-0.15, -0.1) is 0 Å². The number of rotatable bonds is 3. The molecule has 0 radical (unpaired) electrons. The second-order valence-electron chi connectivity index (χ2n) is 3.54. The Kier molecular flexibility index (Phi) is 4.45. The van der Waals surface area contributed by atoms with Gasteiger partial charge in [0.1, 0.15) is 6.54 Å². The summed E-state index contributed by atoms with van der Waals surface area (Å²) in [5.74, 6) is -0.857. The molecule has 1 heterocycles. The number of nitrogens with zero attached hydrogens (tertiary/aromatic N) is 2. The first kappa shape index (κ1) is 13.4. The van der Waals surface area contributed by atoms with E-state index >= 15 is 0 Å². The average molecular weight is 257 g/mol. The zero-order valence-electron chi connectivity index (χ0n) is 9.86. The van der Waals surface area contributed by atoms with E-state index in [0.717, 1.165) is 5.69 Å². The third kappa shape index (κ3) is 3.42. The van der Waals surface area contributed by atoms with Crippen molar-refractivity contribution in [2.24, 2.45) is 0 Å². The second-order valence-corrected chi connectivity index (χ2v) is 3.95. The number of halogens is 1. The Morgan fingerprint density at radius 2 is 2.18 bits per heavy atom. The number of amides is 1.